The van der Waals surface area contributed by atoms with E-state index in [4.69, 9.17) is 0 Å². The molecule has 0 bridgehead atoms. The van der Waals surface area contributed by atoms with Crippen LogP contribution in [0.4, 0.5) is 0 Å². The lowest BCUT2D eigenvalue weighted by atomic mass is 10.0. The highest BCUT2D eigenvalue weighted by Crippen LogP contribution is 2.21. The molecule has 0 aromatic rings. The van der Waals surface area contributed by atoms with Crippen molar-refractivity contribution in [2.24, 2.45) is 5.92 Å². The second-order valence-corrected chi connectivity index (χ2v) is 4.96. The number of rotatable bonds is 5. The summed E-state index contributed by atoms with van der Waals surface area (Å²) >= 11 is 0. The van der Waals surface area contributed by atoms with Gasteiger partial charge in [0.1, 0.15) is 0 Å². The fourth-order valence-electron chi connectivity index (χ4n) is 2.09. The molecule has 1 rings (SSSR count). The first-order valence-electron chi connectivity index (χ1n) is 6.15. The number of carbonyl (C=O) groups excluding carboxylic acids is 1. The predicted octanol–water partition coefficient (Wildman–Crippen LogP) is 1.96. The Morgan fingerprint density at radius 3 is 2.62 bits per heavy atom. The second-order valence-electron chi connectivity index (χ2n) is 4.96. The van der Waals surface area contributed by atoms with Gasteiger partial charge in [-0.2, -0.15) is 0 Å². The molecule has 1 aliphatic rings. The lowest BCUT2D eigenvalue weighted by Gasteiger charge is -2.29. The average molecular weight is 225 g/mol. The van der Waals surface area contributed by atoms with Crippen molar-refractivity contribution in [2.75, 3.05) is 6.54 Å². The van der Waals surface area contributed by atoms with Crippen LogP contribution in [0.2, 0.25) is 0 Å². The van der Waals surface area contributed by atoms with Gasteiger partial charge in [0.25, 0.3) is 0 Å². The zero-order valence-electron chi connectivity index (χ0n) is 10.5. The Labute approximate surface area is 98.1 Å². The van der Waals surface area contributed by atoms with Gasteiger partial charge in [-0.3, -0.25) is 4.79 Å². The van der Waals surface area contributed by atoms with Gasteiger partial charge in [-0.15, -0.1) is 0 Å². The normalized spacial score (nSPS) is 21.4. The van der Waals surface area contributed by atoms with Gasteiger partial charge in [0.05, 0.1) is 6.10 Å². The minimum Gasteiger partial charge on any atom is -0.392 e. The number of carbonyl (C=O) groups is 1. The SMILES string of the molecule is CC(O)CN(C(=O)CC1C=CCC1)C(C)C. The van der Waals surface area contributed by atoms with Gasteiger partial charge in [-0.05, 0) is 39.5 Å². The lowest BCUT2D eigenvalue weighted by molar-refractivity contribution is -0.135. The molecule has 0 aliphatic heterocycles. The van der Waals surface area contributed by atoms with Crippen LogP contribution in [-0.4, -0.2) is 34.6 Å². The summed E-state index contributed by atoms with van der Waals surface area (Å²) in [5.74, 6) is 0.565. The third-order valence-electron chi connectivity index (χ3n) is 2.95. The van der Waals surface area contributed by atoms with Crippen molar-refractivity contribution in [1.29, 1.82) is 0 Å². The summed E-state index contributed by atoms with van der Waals surface area (Å²) in [7, 11) is 0. The van der Waals surface area contributed by atoms with E-state index in [2.05, 4.69) is 12.2 Å². The molecular formula is C13H23NO2. The molecular weight excluding hydrogens is 202 g/mol. The largest absolute Gasteiger partial charge is 0.392 e. The maximum Gasteiger partial charge on any atom is 0.223 e. The van der Waals surface area contributed by atoms with E-state index in [1.54, 1.807) is 11.8 Å². The first-order valence-corrected chi connectivity index (χ1v) is 6.15. The van der Waals surface area contributed by atoms with E-state index in [-0.39, 0.29) is 11.9 Å². The van der Waals surface area contributed by atoms with Gasteiger partial charge in [0, 0.05) is 19.0 Å². The molecule has 3 heteroatoms. The molecule has 0 heterocycles. The van der Waals surface area contributed by atoms with Gasteiger partial charge in [0.2, 0.25) is 5.91 Å². The molecule has 0 saturated heterocycles. The van der Waals surface area contributed by atoms with Crippen LogP contribution in [0.5, 0.6) is 0 Å². The van der Waals surface area contributed by atoms with Gasteiger partial charge in [-0.1, -0.05) is 12.2 Å². The number of amides is 1. The zero-order chi connectivity index (χ0) is 12.1. The standard InChI is InChI=1S/C13H23NO2/c1-10(2)14(9-11(3)15)13(16)8-12-6-4-5-7-12/h4,6,10-12,15H,5,7-9H2,1-3H3. The molecule has 1 aliphatic carbocycles. The van der Waals surface area contributed by atoms with Crippen molar-refractivity contribution >= 4 is 5.91 Å². The molecule has 1 amide bonds. The van der Waals surface area contributed by atoms with Gasteiger partial charge in [0.15, 0.2) is 0 Å². The van der Waals surface area contributed by atoms with Crippen LogP contribution in [0.1, 0.15) is 40.0 Å². The fourth-order valence-corrected chi connectivity index (χ4v) is 2.09. The van der Waals surface area contributed by atoms with Crippen molar-refractivity contribution in [2.45, 2.75) is 52.2 Å². The molecule has 0 aromatic heterocycles. The smallest absolute Gasteiger partial charge is 0.223 e. The van der Waals surface area contributed by atoms with E-state index in [0.29, 0.717) is 18.9 Å². The predicted molar refractivity (Wildman–Crippen MR) is 65.0 cm³/mol. The molecule has 0 spiro atoms. The molecule has 92 valence electrons. The molecule has 1 N–H and O–H groups in total. The Bertz CT molecular complexity index is 259. The Morgan fingerprint density at radius 2 is 2.19 bits per heavy atom. The van der Waals surface area contributed by atoms with Crippen LogP contribution in [0.3, 0.4) is 0 Å². The molecule has 16 heavy (non-hydrogen) atoms. The Hall–Kier alpha value is -0.830. The third-order valence-corrected chi connectivity index (χ3v) is 2.95. The first-order chi connectivity index (χ1) is 7.50. The Balaban J connectivity index is 2.49. The van der Waals surface area contributed by atoms with E-state index in [9.17, 15) is 9.90 Å². The van der Waals surface area contributed by atoms with Crippen LogP contribution >= 0.6 is 0 Å². The summed E-state index contributed by atoms with van der Waals surface area (Å²) in [5, 5.41) is 9.37. The average Bonchev–Trinajstić information content (AvgIpc) is 2.65. The van der Waals surface area contributed by atoms with E-state index in [1.165, 1.54) is 0 Å². The summed E-state index contributed by atoms with van der Waals surface area (Å²) in [5.41, 5.74) is 0. The van der Waals surface area contributed by atoms with Crippen molar-refractivity contribution in [3.63, 3.8) is 0 Å². The topological polar surface area (TPSA) is 40.5 Å². The van der Waals surface area contributed by atoms with Crippen molar-refractivity contribution in [1.82, 2.24) is 4.90 Å². The minimum atomic E-state index is -0.453. The van der Waals surface area contributed by atoms with Gasteiger partial charge >= 0.3 is 0 Å². The molecule has 2 atom stereocenters. The maximum absolute atomic E-state index is 12.1. The number of hydrogen-bond donors (Lipinski definition) is 1. The minimum absolute atomic E-state index is 0.160. The highest BCUT2D eigenvalue weighted by atomic mass is 16.3. The number of nitrogens with zero attached hydrogens (tertiary/aromatic N) is 1. The number of aliphatic hydroxyl groups is 1. The maximum atomic E-state index is 12.1. The second kappa shape index (κ2) is 6.04. The molecule has 0 aromatic carbocycles. The number of aliphatic hydroxyl groups excluding tert-OH is 1. The van der Waals surface area contributed by atoms with Crippen LogP contribution < -0.4 is 0 Å². The molecule has 3 nitrogen and oxygen atoms in total. The summed E-state index contributed by atoms with van der Waals surface area (Å²) in [6, 6.07) is 0.160. The van der Waals surface area contributed by atoms with Gasteiger partial charge in [-0.25, -0.2) is 0 Å². The third kappa shape index (κ3) is 3.97. The quantitative estimate of drug-likeness (QED) is 0.727. The lowest BCUT2D eigenvalue weighted by Crippen LogP contribution is -2.41. The van der Waals surface area contributed by atoms with Gasteiger partial charge < -0.3 is 10.0 Å². The first kappa shape index (κ1) is 13.2. The fraction of sp³-hybridized carbons (Fsp3) is 0.769. The molecule has 2 unspecified atom stereocenters. The van der Waals surface area contributed by atoms with E-state index >= 15 is 0 Å². The van der Waals surface area contributed by atoms with Crippen molar-refractivity contribution in [3.8, 4) is 0 Å². The molecule has 0 saturated carbocycles. The van der Waals surface area contributed by atoms with E-state index in [0.717, 1.165) is 12.8 Å². The van der Waals surface area contributed by atoms with E-state index in [1.807, 2.05) is 13.8 Å². The summed E-state index contributed by atoms with van der Waals surface area (Å²) in [4.78, 5) is 13.8. The van der Waals surface area contributed by atoms with Crippen LogP contribution in [-0.2, 0) is 4.79 Å². The van der Waals surface area contributed by atoms with Crippen LogP contribution in [0, 0.1) is 5.92 Å². The van der Waals surface area contributed by atoms with Crippen molar-refractivity contribution < 1.29 is 9.90 Å². The van der Waals surface area contributed by atoms with Crippen LogP contribution in [0.25, 0.3) is 0 Å². The van der Waals surface area contributed by atoms with Crippen molar-refractivity contribution in [3.05, 3.63) is 12.2 Å². The summed E-state index contributed by atoms with van der Waals surface area (Å²) < 4.78 is 0. The number of hydrogen-bond acceptors (Lipinski definition) is 2. The Morgan fingerprint density at radius 1 is 1.50 bits per heavy atom. The highest BCUT2D eigenvalue weighted by Gasteiger charge is 2.22. The van der Waals surface area contributed by atoms with E-state index < -0.39 is 6.10 Å². The summed E-state index contributed by atoms with van der Waals surface area (Å²) in [6.45, 7) is 6.14. The molecule has 0 fully saturated rings. The number of allylic oxidation sites excluding steroid dienone is 2. The Kier molecular flexibility index (Phi) is 5.00. The monoisotopic (exact) mass is 225 g/mol. The van der Waals surface area contributed by atoms with Crippen LogP contribution in [0.15, 0.2) is 12.2 Å². The highest BCUT2D eigenvalue weighted by molar-refractivity contribution is 5.77. The zero-order valence-corrected chi connectivity index (χ0v) is 10.5. The molecule has 0 radical (unpaired) electrons. The summed E-state index contributed by atoms with van der Waals surface area (Å²) in [6.07, 6.45) is 6.60.